The summed E-state index contributed by atoms with van der Waals surface area (Å²) in [4.78, 5) is 0. The quantitative estimate of drug-likeness (QED) is 0.821. The normalized spacial score (nSPS) is 13.3. The lowest BCUT2D eigenvalue weighted by Crippen LogP contribution is -2.28. The average Bonchev–Trinajstić information content (AvgIpc) is 2.34. The highest BCUT2D eigenvalue weighted by molar-refractivity contribution is 5.27. The van der Waals surface area contributed by atoms with E-state index in [2.05, 4.69) is 23.9 Å². The number of hydrogen-bond donors (Lipinski definition) is 1. The molecule has 108 valence electrons. The summed E-state index contributed by atoms with van der Waals surface area (Å²) < 4.78 is 40.6. The van der Waals surface area contributed by atoms with Gasteiger partial charge in [-0.05, 0) is 44.0 Å². The molecule has 0 saturated heterocycles. The lowest BCUT2D eigenvalue weighted by Gasteiger charge is -2.14. The van der Waals surface area contributed by atoms with Crippen LogP contribution in [0, 0.1) is 0 Å². The van der Waals surface area contributed by atoms with Crippen molar-refractivity contribution in [2.45, 2.75) is 38.9 Å². The molecule has 0 aliphatic carbocycles. The molecule has 0 bridgehead atoms. The molecule has 0 saturated carbocycles. The number of halogens is 3. The van der Waals surface area contributed by atoms with Gasteiger partial charge < -0.3 is 10.1 Å². The Kier molecular flexibility index (Phi) is 6.15. The maximum absolute atomic E-state index is 12.0. The molecule has 1 N–H and O–H groups in total. The molecule has 0 radical (unpaired) electrons. The van der Waals surface area contributed by atoms with Crippen molar-refractivity contribution in [2.24, 2.45) is 0 Å². The van der Waals surface area contributed by atoms with Crippen molar-refractivity contribution >= 4 is 0 Å². The number of ether oxygens (including phenoxy) is 1. The highest BCUT2D eigenvalue weighted by Gasteiger charge is 2.28. The molecule has 0 aromatic heterocycles. The summed E-state index contributed by atoms with van der Waals surface area (Å²) in [6.45, 7) is 3.91. The molecule has 5 heteroatoms. The Balaban J connectivity index is 2.43. The van der Waals surface area contributed by atoms with Gasteiger partial charge in [0.1, 0.15) is 5.75 Å². The van der Waals surface area contributed by atoms with E-state index < -0.39 is 12.8 Å². The summed E-state index contributed by atoms with van der Waals surface area (Å²) in [5.74, 6) is 0.246. The third kappa shape index (κ3) is 7.06. The van der Waals surface area contributed by atoms with Gasteiger partial charge in [-0.3, -0.25) is 0 Å². The van der Waals surface area contributed by atoms with Crippen LogP contribution in [0.1, 0.15) is 25.8 Å². The fraction of sp³-hybridized carbons (Fsp3) is 0.571. The molecule has 19 heavy (non-hydrogen) atoms. The lowest BCUT2D eigenvalue weighted by atomic mass is 10.1. The summed E-state index contributed by atoms with van der Waals surface area (Å²) in [5, 5.41) is 3.36. The van der Waals surface area contributed by atoms with Crippen LogP contribution in [0.25, 0.3) is 0 Å². The van der Waals surface area contributed by atoms with Gasteiger partial charge in [0, 0.05) is 6.04 Å². The average molecular weight is 275 g/mol. The number of nitrogens with one attached hydrogen (secondary N) is 1. The maximum atomic E-state index is 12.0. The summed E-state index contributed by atoms with van der Waals surface area (Å²) in [7, 11) is 0. The van der Waals surface area contributed by atoms with Crippen molar-refractivity contribution < 1.29 is 17.9 Å². The van der Waals surface area contributed by atoms with Gasteiger partial charge in [-0.25, -0.2) is 0 Å². The predicted molar refractivity (Wildman–Crippen MR) is 69.5 cm³/mol. The summed E-state index contributed by atoms with van der Waals surface area (Å²) in [5.41, 5.74) is 1.08. The second-order valence-corrected chi connectivity index (χ2v) is 4.61. The Labute approximate surface area is 112 Å². The van der Waals surface area contributed by atoms with Crippen LogP contribution in [-0.2, 0) is 6.42 Å². The molecule has 1 unspecified atom stereocenters. The van der Waals surface area contributed by atoms with Crippen LogP contribution in [0.3, 0.4) is 0 Å². The van der Waals surface area contributed by atoms with E-state index in [0.29, 0.717) is 6.04 Å². The number of hydrogen-bond acceptors (Lipinski definition) is 2. The first-order valence-electron chi connectivity index (χ1n) is 6.42. The van der Waals surface area contributed by atoms with Crippen LogP contribution in [0.2, 0.25) is 0 Å². The van der Waals surface area contributed by atoms with Crippen molar-refractivity contribution in [1.82, 2.24) is 5.32 Å². The molecule has 1 rings (SSSR count). The van der Waals surface area contributed by atoms with Gasteiger partial charge in [0.25, 0.3) is 0 Å². The molecule has 0 heterocycles. The standard InChI is InChI=1S/C14H20F3NO/c1-3-8-18-11(2)9-12-4-6-13(7-5-12)19-10-14(15,16)17/h4-7,11,18H,3,8-10H2,1-2H3. The Morgan fingerprint density at radius 1 is 1.21 bits per heavy atom. The van der Waals surface area contributed by atoms with Gasteiger partial charge in [0.2, 0.25) is 0 Å². The Hall–Kier alpha value is -1.23. The molecule has 2 nitrogen and oxygen atoms in total. The van der Waals surface area contributed by atoms with Crippen LogP contribution in [-0.4, -0.2) is 25.4 Å². The van der Waals surface area contributed by atoms with Gasteiger partial charge in [-0.15, -0.1) is 0 Å². The SMILES string of the molecule is CCCNC(C)Cc1ccc(OCC(F)(F)F)cc1. The number of rotatable bonds is 7. The molecule has 0 spiro atoms. The smallest absolute Gasteiger partial charge is 0.422 e. The molecule has 0 aliphatic rings. The largest absolute Gasteiger partial charge is 0.484 e. The Morgan fingerprint density at radius 2 is 1.84 bits per heavy atom. The third-order valence-corrected chi connectivity index (χ3v) is 2.61. The topological polar surface area (TPSA) is 21.3 Å². The Morgan fingerprint density at radius 3 is 2.37 bits per heavy atom. The molecule has 0 aliphatic heterocycles. The van der Waals surface area contributed by atoms with Crippen molar-refractivity contribution in [3.8, 4) is 5.75 Å². The van der Waals surface area contributed by atoms with E-state index in [4.69, 9.17) is 0 Å². The molecule has 0 amide bonds. The fourth-order valence-corrected chi connectivity index (χ4v) is 1.70. The zero-order chi connectivity index (χ0) is 14.3. The molecular weight excluding hydrogens is 255 g/mol. The first-order chi connectivity index (χ1) is 8.90. The van der Waals surface area contributed by atoms with E-state index in [1.54, 1.807) is 24.3 Å². The third-order valence-electron chi connectivity index (χ3n) is 2.61. The fourth-order valence-electron chi connectivity index (χ4n) is 1.70. The van der Waals surface area contributed by atoms with E-state index in [-0.39, 0.29) is 5.75 Å². The highest BCUT2D eigenvalue weighted by atomic mass is 19.4. The molecule has 1 atom stereocenters. The zero-order valence-corrected chi connectivity index (χ0v) is 11.3. The van der Waals surface area contributed by atoms with Crippen LogP contribution < -0.4 is 10.1 Å². The highest BCUT2D eigenvalue weighted by Crippen LogP contribution is 2.19. The van der Waals surface area contributed by atoms with Crippen molar-refractivity contribution in [1.29, 1.82) is 0 Å². The minimum atomic E-state index is -4.29. The summed E-state index contributed by atoms with van der Waals surface area (Å²) in [6, 6.07) is 7.11. The summed E-state index contributed by atoms with van der Waals surface area (Å²) in [6.07, 6.45) is -2.37. The minimum absolute atomic E-state index is 0.246. The minimum Gasteiger partial charge on any atom is -0.484 e. The Bertz CT molecular complexity index is 362. The van der Waals surface area contributed by atoms with Gasteiger partial charge in [-0.2, -0.15) is 13.2 Å². The second kappa shape index (κ2) is 7.38. The van der Waals surface area contributed by atoms with Crippen LogP contribution in [0.5, 0.6) is 5.75 Å². The predicted octanol–water partition coefficient (Wildman–Crippen LogP) is 3.56. The number of benzene rings is 1. The van der Waals surface area contributed by atoms with Crippen LogP contribution >= 0.6 is 0 Å². The van der Waals surface area contributed by atoms with Crippen LogP contribution in [0.4, 0.5) is 13.2 Å². The molecule has 1 aromatic carbocycles. The van der Waals surface area contributed by atoms with Gasteiger partial charge in [0.05, 0.1) is 0 Å². The molecular formula is C14H20F3NO. The van der Waals surface area contributed by atoms with Gasteiger partial charge >= 0.3 is 6.18 Å². The number of alkyl halides is 3. The van der Waals surface area contributed by atoms with E-state index in [1.165, 1.54) is 0 Å². The van der Waals surface area contributed by atoms with E-state index >= 15 is 0 Å². The summed E-state index contributed by atoms with van der Waals surface area (Å²) >= 11 is 0. The molecule has 0 fully saturated rings. The van der Waals surface area contributed by atoms with Crippen LogP contribution in [0.15, 0.2) is 24.3 Å². The second-order valence-electron chi connectivity index (χ2n) is 4.61. The lowest BCUT2D eigenvalue weighted by molar-refractivity contribution is -0.153. The first kappa shape index (κ1) is 15.8. The maximum Gasteiger partial charge on any atom is 0.422 e. The van der Waals surface area contributed by atoms with Crippen molar-refractivity contribution in [2.75, 3.05) is 13.2 Å². The van der Waals surface area contributed by atoms with E-state index in [1.807, 2.05) is 0 Å². The monoisotopic (exact) mass is 275 g/mol. The van der Waals surface area contributed by atoms with Gasteiger partial charge in [-0.1, -0.05) is 19.1 Å². The van der Waals surface area contributed by atoms with Gasteiger partial charge in [0.15, 0.2) is 6.61 Å². The first-order valence-corrected chi connectivity index (χ1v) is 6.42. The van der Waals surface area contributed by atoms with E-state index in [9.17, 15) is 13.2 Å². The zero-order valence-electron chi connectivity index (χ0n) is 11.3. The van der Waals surface area contributed by atoms with Crippen molar-refractivity contribution in [3.63, 3.8) is 0 Å². The van der Waals surface area contributed by atoms with Crippen molar-refractivity contribution in [3.05, 3.63) is 29.8 Å². The molecule has 1 aromatic rings. The van der Waals surface area contributed by atoms with E-state index in [0.717, 1.165) is 24.9 Å².